The van der Waals surface area contributed by atoms with Crippen molar-refractivity contribution in [1.82, 2.24) is 15.3 Å². The lowest BCUT2D eigenvalue weighted by atomic mass is 9.94. The van der Waals surface area contributed by atoms with Gasteiger partial charge in [-0.25, -0.2) is 9.97 Å². The maximum Gasteiger partial charge on any atom is 0.225 e. The monoisotopic (exact) mass is 262 g/mol. The zero-order chi connectivity index (χ0) is 13.1. The second kappa shape index (κ2) is 5.84. The molecule has 2 fully saturated rings. The molecule has 3 rings (SSSR count). The topological polar surface area (TPSA) is 50.3 Å². The van der Waals surface area contributed by atoms with Gasteiger partial charge in [-0.2, -0.15) is 0 Å². The molecule has 5 heteroatoms. The Morgan fingerprint density at radius 1 is 1.21 bits per heavy atom. The van der Waals surface area contributed by atoms with Crippen molar-refractivity contribution in [3.05, 3.63) is 18.0 Å². The fraction of sp³-hybridized carbons (Fsp3) is 0.714. The Morgan fingerprint density at radius 3 is 2.58 bits per heavy atom. The summed E-state index contributed by atoms with van der Waals surface area (Å²) < 4.78 is 5.39. The van der Waals surface area contributed by atoms with Crippen LogP contribution in [-0.2, 0) is 4.74 Å². The summed E-state index contributed by atoms with van der Waals surface area (Å²) in [5.41, 5.74) is 1.25. The van der Waals surface area contributed by atoms with Gasteiger partial charge in [0, 0.05) is 45.2 Å². The Hall–Kier alpha value is -1.20. The average molecular weight is 262 g/mol. The molecule has 0 aromatic carbocycles. The first-order valence-electron chi connectivity index (χ1n) is 7.18. The zero-order valence-corrected chi connectivity index (χ0v) is 11.5. The van der Waals surface area contributed by atoms with Gasteiger partial charge in [-0.15, -0.1) is 0 Å². The second-order valence-electron chi connectivity index (χ2n) is 5.46. The highest BCUT2D eigenvalue weighted by molar-refractivity contribution is 5.31. The first-order chi connectivity index (χ1) is 9.34. The third-order valence-corrected chi connectivity index (χ3v) is 4.25. The molecule has 0 saturated carbocycles. The van der Waals surface area contributed by atoms with Crippen molar-refractivity contribution < 1.29 is 4.74 Å². The van der Waals surface area contributed by atoms with Gasteiger partial charge in [0.25, 0.3) is 0 Å². The highest BCUT2D eigenvalue weighted by atomic mass is 16.5. The molecular weight excluding hydrogens is 240 g/mol. The molecule has 1 aromatic rings. The van der Waals surface area contributed by atoms with Gasteiger partial charge in [-0.1, -0.05) is 0 Å². The van der Waals surface area contributed by atoms with Crippen molar-refractivity contribution in [2.75, 3.05) is 38.3 Å². The summed E-state index contributed by atoms with van der Waals surface area (Å²) in [7, 11) is 2.08. The van der Waals surface area contributed by atoms with Crippen molar-refractivity contribution >= 4 is 5.95 Å². The smallest absolute Gasteiger partial charge is 0.225 e. The van der Waals surface area contributed by atoms with Crippen LogP contribution in [0.4, 0.5) is 5.95 Å². The molecule has 3 heterocycles. The van der Waals surface area contributed by atoms with E-state index in [4.69, 9.17) is 4.74 Å². The Kier molecular flexibility index (Phi) is 3.94. The number of hydrogen-bond donors (Lipinski definition) is 1. The standard InChI is InChI=1S/C14H22N4O/c1-18(13-2-5-15-10-13)14-16-8-12(9-17-14)11-3-6-19-7-4-11/h8-9,11,13,15H,2-7,10H2,1H3. The number of ether oxygens (including phenoxy) is 1. The largest absolute Gasteiger partial charge is 0.381 e. The average Bonchev–Trinajstić information content (AvgIpc) is 3.02. The Balaban J connectivity index is 1.67. The molecule has 19 heavy (non-hydrogen) atoms. The van der Waals surface area contributed by atoms with E-state index in [1.54, 1.807) is 0 Å². The van der Waals surface area contributed by atoms with E-state index < -0.39 is 0 Å². The van der Waals surface area contributed by atoms with E-state index >= 15 is 0 Å². The van der Waals surface area contributed by atoms with Crippen LogP contribution in [0.3, 0.4) is 0 Å². The summed E-state index contributed by atoms with van der Waals surface area (Å²) in [6, 6.07) is 0.522. The van der Waals surface area contributed by atoms with Gasteiger partial charge in [0.05, 0.1) is 0 Å². The summed E-state index contributed by atoms with van der Waals surface area (Å²) in [4.78, 5) is 11.3. The minimum atomic E-state index is 0.522. The molecule has 2 aliphatic heterocycles. The van der Waals surface area contributed by atoms with Gasteiger partial charge in [0.15, 0.2) is 0 Å². The fourth-order valence-electron chi connectivity index (χ4n) is 2.89. The first-order valence-corrected chi connectivity index (χ1v) is 7.18. The summed E-state index contributed by atoms with van der Waals surface area (Å²) in [5, 5.41) is 3.37. The van der Waals surface area contributed by atoms with Gasteiger partial charge in [0.1, 0.15) is 0 Å². The van der Waals surface area contributed by atoms with Crippen molar-refractivity contribution in [2.45, 2.75) is 31.2 Å². The van der Waals surface area contributed by atoms with Crippen molar-refractivity contribution in [3.8, 4) is 0 Å². The number of rotatable bonds is 3. The lowest BCUT2D eigenvalue weighted by Gasteiger charge is -2.25. The van der Waals surface area contributed by atoms with Crippen LogP contribution in [0.5, 0.6) is 0 Å². The molecule has 2 aliphatic rings. The summed E-state index contributed by atoms with van der Waals surface area (Å²) in [5.74, 6) is 1.41. The minimum Gasteiger partial charge on any atom is -0.381 e. The predicted octanol–water partition coefficient (Wildman–Crippen LogP) is 1.17. The number of nitrogens with one attached hydrogen (secondary N) is 1. The van der Waals surface area contributed by atoms with Crippen molar-refractivity contribution in [2.24, 2.45) is 0 Å². The summed E-state index contributed by atoms with van der Waals surface area (Å²) in [6.45, 7) is 3.84. The van der Waals surface area contributed by atoms with Crippen LogP contribution in [0.2, 0.25) is 0 Å². The molecule has 1 atom stereocenters. The van der Waals surface area contributed by atoms with E-state index in [9.17, 15) is 0 Å². The van der Waals surface area contributed by atoms with Gasteiger partial charge in [-0.05, 0) is 37.3 Å². The lowest BCUT2D eigenvalue weighted by Crippen LogP contribution is -2.34. The summed E-state index contributed by atoms with van der Waals surface area (Å²) in [6.07, 6.45) is 7.34. The molecule has 0 amide bonds. The van der Waals surface area contributed by atoms with E-state index in [2.05, 4.69) is 27.2 Å². The minimum absolute atomic E-state index is 0.522. The van der Waals surface area contributed by atoms with Crippen molar-refractivity contribution in [3.63, 3.8) is 0 Å². The van der Waals surface area contributed by atoms with Gasteiger partial charge >= 0.3 is 0 Å². The molecule has 0 spiro atoms. The number of anilines is 1. The summed E-state index contributed by atoms with van der Waals surface area (Å²) >= 11 is 0. The fourth-order valence-corrected chi connectivity index (χ4v) is 2.89. The Bertz CT molecular complexity index is 396. The lowest BCUT2D eigenvalue weighted by molar-refractivity contribution is 0.0852. The van der Waals surface area contributed by atoms with Crippen LogP contribution in [-0.4, -0.2) is 49.4 Å². The van der Waals surface area contributed by atoms with Gasteiger partial charge < -0.3 is 15.0 Å². The third-order valence-electron chi connectivity index (χ3n) is 4.25. The maximum absolute atomic E-state index is 5.39. The Labute approximate surface area is 114 Å². The molecule has 5 nitrogen and oxygen atoms in total. The number of aromatic nitrogens is 2. The second-order valence-corrected chi connectivity index (χ2v) is 5.46. The van der Waals surface area contributed by atoms with Crippen LogP contribution >= 0.6 is 0 Å². The molecule has 1 unspecified atom stereocenters. The Morgan fingerprint density at radius 2 is 1.95 bits per heavy atom. The van der Waals surface area contributed by atoms with Crippen LogP contribution in [0.15, 0.2) is 12.4 Å². The van der Waals surface area contributed by atoms with Crippen LogP contribution < -0.4 is 10.2 Å². The van der Waals surface area contributed by atoms with Gasteiger partial charge in [-0.3, -0.25) is 0 Å². The van der Waals surface area contributed by atoms with Crippen molar-refractivity contribution in [1.29, 1.82) is 0 Å². The molecule has 1 aromatic heterocycles. The van der Waals surface area contributed by atoms with E-state index in [1.807, 2.05) is 12.4 Å². The SMILES string of the molecule is CN(c1ncc(C2CCOCC2)cn1)C1CCNC1. The molecule has 2 saturated heterocycles. The molecule has 1 N–H and O–H groups in total. The number of hydrogen-bond acceptors (Lipinski definition) is 5. The van der Waals surface area contributed by atoms with Crippen LogP contribution in [0, 0.1) is 0 Å². The molecular formula is C14H22N4O. The zero-order valence-electron chi connectivity index (χ0n) is 11.5. The third kappa shape index (κ3) is 2.87. The maximum atomic E-state index is 5.39. The predicted molar refractivity (Wildman–Crippen MR) is 74.5 cm³/mol. The van der Waals surface area contributed by atoms with E-state index in [0.717, 1.165) is 45.1 Å². The normalized spacial score (nSPS) is 24.6. The van der Waals surface area contributed by atoms with E-state index in [1.165, 1.54) is 12.0 Å². The molecule has 0 aliphatic carbocycles. The molecule has 0 radical (unpaired) electrons. The first kappa shape index (κ1) is 12.8. The van der Waals surface area contributed by atoms with Crippen LogP contribution in [0.25, 0.3) is 0 Å². The van der Waals surface area contributed by atoms with E-state index in [-0.39, 0.29) is 0 Å². The highest BCUT2D eigenvalue weighted by Crippen LogP contribution is 2.26. The van der Waals surface area contributed by atoms with Gasteiger partial charge in [0.2, 0.25) is 5.95 Å². The number of nitrogens with zero attached hydrogens (tertiary/aromatic N) is 3. The highest BCUT2D eigenvalue weighted by Gasteiger charge is 2.22. The number of likely N-dealkylation sites (N-methyl/N-ethyl adjacent to an activating group) is 1. The quantitative estimate of drug-likeness (QED) is 0.886. The van der Waals surface area contributed by atoms with E-state index in [0.29, 0.717) is 12.0 Å². The van der Waals surface area contributed by atoms with Crippen LogP contribution in [0.1, 0.15) is 30.7 Å². The molecule has 104 valence electrons. The molecule has 0 bridgehead atoms.